The Labute approximate surface area is 318 Å². The lowest BCUT2D eigenvalue weighted by atomic mass is 9.82. The predicted octanol–water partition coefficient (Wildman–Crippen LogP) is 4.26. The molecule has 7 atom stereocenters. The van der Waals surface area contributed by atoms with Gasteiger partial charge in [-0.15, -0.1) is 0 Å². The van der Waals surface area contributed by atoms with E-state index in [0.717, 1.165) is 50.8 Å². The van der Waals surface area contributed by atoms with Crippen LogP contribution in [0.5, 0.6) is 0 Å². The first kappa shape index (κ1) is 38.6. The van der Waals surface area contributed by atoms with Gasteiger partial charge in [-0.1, -0.05) is 19.1 Å². The lowest BCUT2D eigenvalue weighted by Gasteiger charge is -2.31. The molecule has 4 saturated heterocycles. The Morgan fingerprint density at radius 1 is 0.963 bits per heavy atom. The Morgan fingerprint density at radius 3 is 2.24 bits per heavy atom. The van der Waals surface area contributed by atoms with E-state index in [9.17, 15) is 19.5 Å². The topological polar surface area (TPSA) is 152 Å². The van der Waals surface area contributed by atoms with Gasteiger partial charge in [-0.2, -0.15) is 0 Å². The van der Waals surface area contributed by atoms with Crippen LogP contribution in [0, 0.1) is 17.8 Å². The zero-order chi connectivity index (χ0) is 38.2. The van der Waals surface area contributed by atoms with Crippen LogP contribution in [0.2, 0.25) is 18.6 Å². The Hall–Kier alpha value is -3.69. The number of amides is 4. The molecule has 2 aromatic carbocycles. The number of carbonyl (C=O) groups excluding carboxylic acids is 4. The summed E-state index contributed by atoms with van der Waals surface area (Å²) in [6.45, 7) is 8.62. The number of likely N-dealkylation sites (tertiary alicyclic amines) is 1. The van der Waals surface area contributed by atoms with Crippen LogP contribution in [-0.2, 0) is 36.1 Å². The fourth-order valence-electron chi connectivity index (χ4n) is 9.70. The van der Waals surface area contributed by atoms with Crippen molar-refractivity contribution < 1.29 is 33.1 Å². The number of anilines is 3. The molecule has 0 radical (unpaired) electrons. The third kappa shape index (κ3) is 7.47. The predicted molar refractivity (Wildman–Crippen MR) is 207 cm³/mol. The van der Waals surface area contributed by atoms with Gasteiger partial charge in [0.1, 0.15) is 0 Å². The number of ether oxygens (including phenoxy) is 1. The molecule has 54 heavy (non-hydrogen) atoms. The van der Waals surface area contributed by atoms with Crippen LogP contribution in [0.25, 0.3) is 0 Å². The zero-order valence-electron chi connectivity index (χ0n) is 31.7. The largest absolute Gasteiger partial charge is 0.394 e. The monoisotopic (exact) mass is 762 g/mol. The highest BCUT2D eigenvalue weighted by Gasteiger charge is 2.67. The van der Waals surface area contributed by atoms with E-state index in [2.05, 4.69) is 21.3 Å². The minimum absolute atomic E-state index is 0.0449. The number of nitrogens with zero attached hydrogens (tertiary/aromatic N) is 2. The highest BCUT2D eigenvalue weighted by Crippen LogP contribution is 2.60. The van der Waals surface area contributed by atoms with Crippen LogP contribution in [0.3, 0.4) is 0 Å². The van der Waals surface area contributed by atoms with E-state index in [1.807, 2.05) is 37.3 Å². The minimum atomic E-state index is -3.56. The minimum Gasteiger partial charge on any atom is -0.394 e. The maximum absolute atomic E-state index is 16.6. The first-order valence-electron chi connectivity index (χ1n) is 19.8. The van der Waals surface area contributed by atoms with E-state index >= 15 is 8.90 Å². The summed E-state index contributed by atoms with van der Waals surface area (Å²) < 4.78 is 23.5. The van der Waals surface area contributed by atoms with Crippen LogP contribution in [-0.4, -0.2) is 93.5 Å². The Balaban J connectivity index is 1.22. The fourth-order valence-corrected chi connectivity index (χ4v) is 12.2. The van der Waals surface area contributed by atoms with Crippen molar-refractivity contribution in [2.24, 2.45) is 17.8 Å². The van der Waals surface area contributed by atoms with Gasteiger partial charge in [0.25, 0.3) is 5.91 Å². The quantitative estimate of drug-likeness (QED) is 0.178. The number of hydrogen-bond acceptors (Lipinski definition) is 8. The van der Waals surface area contributed by atoms with Crippen LogP contribution >= 0.6 is 0 Å². The molecule has 0 bridgehead atoms. The molecule has 4 amide bonds. The number of piperidine rings is 2. The van der Waals surface area contributed by atoms with Gasteiger partial charge in [0, 0.05) is 48.0 Å². The standard InChI is InChI=1S/C40H55FN6O6Si/c1-25-36(54(2,3)41)34(20-35(49)46-17-7-12-31(46)24-48)53-40(25)32-19-30(45-38(51)28-10-6-16-43-22-28)13-14-33(32)47(39(40)52)23-26-8-4-11-29(18-26)44-37(50)27-9-5-15-42-21-27/h4,8,11,13-14,18-19,25,27-28,31,34,36,42-43,48H,5-7,9-10,12,15-17,20-24H2,1-3H3,(H,44,50)(H,45,51)/t25-,27?,28?,31+,34+,36-,40+/m1/s1. The number of aliphatic hydroxyl groups excluding tert-OH is 1. The van der Waals surface area contributed by atoms with Gasteiger partial charge in [0.2, 0.25) is 26.1 Å². The summed E-state index contributed by atoms with van der Waals surface area (Å²) in [6, 6.07) is 12.6. The van der Waals surface area contributed by atoms with Crippen LogP contribution in [0.4, 0.5) is 21.2 Å². The molecule has 292 valence electrons. The van der Waals surface area contributed by atoms with Crippen LogP contribution in [0.15, 0.2) is 42.5 Å². The van der Waals surface area contributed by atoms with Gasteiger partial charge in [0.15, 0.2) is 5.60 Å². The molecule has 0 saturated carbocycles. The molecular weight excluding hydrogens is 708 g/mol. The van der Waals surface area contributed by atoms with Gasteiger partial charge >= 0.3 is 0 Å². The van der Waals surface area contributed by atoms with Gasteiger partial charge < -0.3 is 45.0 Å². The van der Waals surface area contributed by atoms with E-state index in [0.29, 0.717) is 48.7 Å². The number of rotatable bonds is 10. The van der Waals surface area contributed by atoms with Crippen molar-refractivity contribution in [2.75, 3.05) is 54.9 Å². The second-order valence-corrected chi connectivity index (χ2v) is 20.2. The SMILES string of the molecule is C[C@@H]1[C@@H]([Si](C)(C)F)[C@H](CC(=O)N2CCC[C@H]2CO)O[C@@]12C(=O)N(Cc1cccc(NC(=O)C3CCCNC3)c1)c1ccc(NC(=O)C3CCCNC3)cc12. The number of nitrogens with one attached hydrogen (secondary N) is 4. The highest BCUT2D eigenvalue weighted by atomic mass is 28.4. The molecule has 4 fully saturated rings. The second-order valence-electron chi connectivity index (χ2n) is 16.4. The fraction of sp³-hybridized carbons (Fsp3) is 0.600. The molecule has 5 heterocycles. The maximum atomic E-state index is 16.6. The number of hydrogen-bond donors (Lipinski definition) is 5. The van der Waals surface area contributed by atoms with Crippen molar-refractivity contribution in [1.29, 1.82) is 0 Å². The molecule has 2 unspecified atom stereocenters. The molecule has 12 nitrogen and oxygen atoms in total. The van der Waals surface area contributed by atoms with E-state index in [1.54, 1.807) is 35.0 Å². The summed E-state index contributed by atoms with van der Waals surface area (Å²) in [4.78, 5) is 58.6. The molecule has 1 spiro atoms. The molecule has 5 N–H and O–H groups in total. The first-order valence-corrected chi connectivity index (χ1v) is 22.7. The molecule has 0 aromatic heterocycles. The van der Waals surface area contributed by atoms with Gasteiger partial charge in [-0.05, 0) is 101 Å². The summed E-state index contributed by atoms with van der Waals surface area (Å²) in [6.07, 6.45) is 3.97. The molecule has 5 aliphatic rings. The van der Waals surface area contributed by atoms with Crippen LogP contribution in [0.1, 0.15) is 63.0 Å². The second kappa shape index (κ2) is 15.8. The lowest BCUT2D eigenvalue weighted by molar-refractivity contribution is -0.150. The summed E-state index contributed by atoms with van der Waals surface area (Å²) in [5.41, 5.74) is 0.788. The normalized spacial score (nSPS) is 29.8. The molecule has 7 rings (SSSR count). The molecular formula is C40H55FN6O6Si. The van der Waals surface area contributed by atoms with E-state index in [1.165, 1.54) is 0 Å². The molecule has 0 aliphatic carbocycles. The number of aliphatic hydroxyl groups is 1. The zero-order valence-corrected chi connectivity index (χ0v) is 32.7. The van der Waals surface area contributed by atoms with Crippen molar-refractivity contribution in [3.8, 4) is 0 Å². The third-order valence-electron chi connectivity index (χ3n) is 12.4. The first-order chi connectivity index (χ1) is 25.9. The summed E-state index contributed by atoms with van der Waals surface area (Å²) in [5.74, 6) is -1.64. The van der Waals surface area contributed by atoms with Crippen molar-refractivity contribution >= 4 is 49.1 Å². The number of fused-ring (bicyclic) bond motifs is 2. The highest BCUT2D eigenvalue weighted by molar-refractivity contribution is 6.72. The summed E-state index contributed by atoms with van der Waals surface area (Å²) in [5, 5.41) is 22.6. The van der Waals surface area contributed by atoms with Gasteiger partial charge in [-0.25, -0.2) is 0 Å². The lowest BCUT2D eigenvalue weighted by Crippen LogP contribution is -2.45. The molecule has 5 aliphatic heterocycles. The van der Waals surface area contributed by atoms with Crippen molar-refractivity contribution in [1.82, 2.24) is 15.5 Å². The van der Waals surface area contributed by atoms with E-state index in [-0.39, 0.29) is 61.1 Å². The van der Waals surface area contributed by atoms with Gasteiger partial charge in [-0.3, -0.25) is 19.2 Å². The maximum Gasteiger partial charge on any atom is 0.264 e. The summed E-state index contributed by atoms with van der Waals surface area (Å²) in [7, 11) is -3.56. The van der Waals surface area contributed by atoms with Crippen molar-refractivity contribution in [3.63, 3.8) is 0 Å². The number of halogens is 1. The van der Waals surface area contributed by atoms with E-state index in [4.69, 9.17) is 4.74 Å². The van der Waals surface area contributed by atoms with Gasteiger partial charge in [0.05, 0.1) is 49.2 Å². The average Bonchev–Trinajstić information content (AvgIpc) is 3.82. The number of carbonyl (C=O) groups is 4. The Morgan fingerprint density at radius 2 is 1.63 bits per heavy atom. The molecule has 2 aromatic rings. The van der Waals surface area contributed by atoms with Crippen LogP contribution < -0.4 is 26.2 Å². The Bertz CT molecular complexity index is 1750. The van der Waals surface area contributed by atoms with Crippen molar-refractivity contribution in [3.05, 3.63) is 53.6 Å². The Kier molecular flexibility index (Phi) is 11.3. The third-order valence-corrected chi connectivity index (χ3v) is 14.8. The number of benzene rings is 2. The smallest absolute Gasteiger partial charge is 0.264 e. The summed E-state index contributed by atoms with van der Waals surface area (Å²) >= 11 is 0. The average molecular weight is 763 g/mol. The van der Waals surface area contributed by atoms with Crippen molar-refractivity contribution in [2.45, 2.75) is 94.8 Å². The van der Waals surface area contributed by atoms with E-state index < -0.39 is 31.6 Å². The molecule has 14 heteroatoms.